The molecule has 5 nitrogen and oxygen atoms in total. The van der Waals surface area contributed by atoms with Gasteiger partial charge in [0, 0.05) is 23.9 Å². The van der Waals surface area contributed by atoms with E-state index in [-0.39, 0.29) is 29.5 Å². The topological polar surface area (TPSA) is 56.1 Å². The normalized spacial score (nSPS) is 11.3. The molecule has 0 saturated heterocycles. The summed E-state index contributed by atoms with van der Waals surface area (Å²) in [6.45, 7) is 1.58. The van der Waals surface area contributed by atoms with Crippen molar-refractivity contribution in [1.29, 1.82) is 0 Å². The largest absolute Gasteiger partial charge is 0.496 e. The van der Waals surface area contributed by atoms with E-state index in [1.54, 1.807) is 37.3 Å². The molecule has 1 N–H and O–H groups in total. The highest BCUT2D eigenvalue weighted by Gasteiger charge is 2.39. The van der Waals surface area contributed by atoms with Crippen molar-refractivity contribution in [1.82, 2.24) is 14.9 Å². The average molecular weight is 389 g/mol. The van der Waals surface area contributed by atoms with Crippen LogP contribution in [-0.4, -0.2) is 22.6 Å². The number of halogens is 3. The molecule has 3 aromatic rings. The third kappa shape index (κ3) is 4.00. The maximum absolute atomic E-state index is 13.8. The number of hydrogen-bond donors (Lipinski definition) is 1. The van der Waals surface area contributed by atoms with Gasteiger partial charge in [-0.2, -0.15) is 13.2 Å². The van der Waals surface area contributed by atoms with Crippen molar-refractivity contribution in [3.63, 3.8) is 0 Å². The molecule has 0 bridgehead atoms. The van der Waals surface area contributed by atoms with E-state index in [9.17, 15) is 18.0 Å². The predicted molar refractivity (Wildman–Crippen MR) is 97.5 cm³/mol. The molecule has 0 aliphatic heterocycles. The molecule has 0 saturated carbocycles. The smallest absolute Gasteiger partial charge is 0.422 e. The van der Waals surface area contributed by atoms with Crippen molar-refractivity contribution >= 4 is 5.91 Å². The number of aromatic nitrogens is 2. The number of rotatable bonds is 5. The van der Waals surface area contributed by atoms with Gasteiger partial charge in [-0.25, -0.2) is 4.98 Å². The predicted octanol–water partition coefficient (Wildman–Crippen LogP) is 4.14. The highest BCUT2D eigenvalue weighted by Crippen LogP contribution is 2.42. The fraction of sp³-hybridized carbons (Fsp3) is 0.200. The molecule has 2 aromatic carbocycles. The van der Waals surface area contributed by atoms with Crippen LogP contribution in [0, 0.1) is 6.92 Å². The third-order valence-electron chi connectivity index (χ3n) is 4.17. The number of alkyl halides is 3. The summed E-state index contributed by atoms with van der Waals surface area (Å²) in [5.74, 6) is -0.713. The molecule has 28 heavy (non-hydrogen) atoms. The summed E-state index contributed by atoms with van der Waals surface area (Å²) >= 11 is 0. The Balaban J connectivity index is 1.97. The van der Waals surface area contributed by atoms with E-state index < -0.39 is 11.7 Å². The summed E-state index contributed by atoms with van der Waals surface area (Å²) in [4.78, 5) is 16.2. The second-order valence-corrected chi connectivity index (χ2v) is 6.12. The van der Waals surface area contributed by atoms with Crippen molar-refractivity contribution in [2.24, 2.45) is 0 Å². The number of hydrogen-bond acceptors (Lipinski definition) is 3. The molecule has 0 spiro atoms. The molecule has 0 aliphatic carbocycles. The molecule has 0 aliphatic rings. The van der Waals surface area contributed by atoms with E-state index in [0.29, 0.717) is 11.3 Å². The molecule has 0 radical (unpaired) electrons. The number of benzene rings is 2. The second-order valence-electron chi connectivity index (χ2n) is 6.12. The molecule has 8 heteroatoms. The van der Waals surface area contributed by atoms with Crippen LogP contribution in [0.3, 0.4) is 0 Å². The van der Waals surface area contributed by atoms with Crippen LogP contribution in [0.1, 0.15) is 27.2 Å². The van der Waals surface area contributed by atoms with Gasteiger partial charge in [0.05, 0.1) is 24.8 Å². The maximum atomic E-state index is 13.8. The van der Waals surface area contributed by atoms with E-state index in [1.165, 1.54) is 36.3 Å². The lowest BCUT2D eigenvalue weighted by Gasteiger charge is -2.20. The van der Waals surface area contributed by atoms with Crippen LogP contribution in [0.4, 0.5) is 13.2 Å². The van der Waals surface area contributed by atoms with E-state index in [4.69, 9.17) is 4.74 Å². The molecular formula is C20H18F3N3O2. The third-order valence-corrected chi connectivity index (χ3v) is 4.17. The number of aryl methyl sites for hydroxylation is 1. The van der Waals surface area contributed by atoms with E-state index in [0.717, 1.165) is 0 Å². The molecule has 1 aromatic heterocycles. The summed E-state index contributed by atoms with van der Waals surface area (Å²) in [5, 5.41) is 2.63. The van der Waals surface area contributed by atoms with Crippen LogP contribution in [-0.2, 0) is 12.7 Å². The van der Waals surface area contributed by atoms with Gasteiger partial charge in [-0.05, 0) is 25.1 Å². The van der Waals surface area contributed by atoms with Gasteiger partial charge >= 0.3 is 6.18 Å². The standard InChI is InChI=1S/C20H18F3N3O2/c1-13-11-26(12-25-13)16-9-8-15(18(28-2)17(16)20(21,22)23)10-24-19(27)14-6-4-3-5-7-14/h3-9,11-12H,10H2,1-2H3,(H,24,27). The molecule has 1 heterocycles. The fourth-order valence-electron chi connectivity index (χ4n) is 2.90. The SMILES string of the molecule is COc1c(CNC(=O)c2ccccc2)ccc(-n2cnc(C)c2)c1C(F)(F)F. The lowest BCUT2D eigenvalue weighted by atomic mass is 10.0. The first-order valence-electron chi connectivity index (χ1n) is 8.42. The minimum atomic E-state index is -4.65. The molecule has 3 rings (SSSR count). The Labute approximate surface area is 159 Å². The number of carbonyl (C=O) groups excluding carboxylic acids is 1. The van der Waals surface area contributed by atoms with Crippen LogP contribution in [0.15, 0.2) is 55.0 Å². The fourth-order valence-corrected chi connectivity index (χ4v) is 2.90. The van der Waals surface area contributed by atoms with Crippen LogP contribution in [0.5, 0.6) is 5.75 Å². The summed E-state index contributed by atoms with van der Waals surface area (Å²) in [6.07, 6.45) is -1.84. The van der Waals surface area contributed by atoms with Gasteiger partial charge in [0.1, 0.15) is 11.3 Å². The molecular weight excluding hydrogens is 371 g/mol. The highest BCUT2D eigenvalue weighted by atomic mass is 19.4. The first-order chi connectivity index (χ1) is 13.3. The lowest BCUT2D eigenvalue weighted by Crippen LogP contribution is -2.24. The zero-order valence-electron chi connectivity index (χ0n) is 15.2. The van der Waals surface area contributed by atoms with Gasteiger partial charge in [0.25, 0.3) is 5.91 Å². The Bertz CT molecular complexity index is 982. The zero-order valence-corrected chi connectivity index (χ0v) is 15.2. The number of imidazole rings is 1. The van der Waals surface area contributed by atoms with Gasteiger partial charge in [-0.15, -0.1) is 0 Å². The summed E-state index contributed by atoms with van der Waals surface area (Å²) in [7, 11) is 1.18. The Morgan fingerprint density at radius 1 is 1.18 bits per heavy atom. The van der Waals surface area contributed by atoms with Gasteiger partial charge in [-0.1, -0.05) is 24.3 Å². The van der Waals surface area contributed by atoms with Crippen molar-refractivity contribution in [2.45, 2.75) is 19.6 Å². The number of nitrogens with one attached hydrogen (secondary N) is 1. The van der Waals surface area contributed by atoms with Crippen molar-refractivity contribution in [2.75, 3.05) is 7.11 Å². The number of nitrogens with zero attached hydrogens (tertiary/aromatic N) is 2. The number of ether oxygens (including phenoxy) is 1. The maximum Gasteiger partial charge on any atom is 0.422 e. The van der Waals surface area contributed by atoms with E-state index in [1.807, 2.05) is 0 Å². The van der Waals surface area contributed by atoms with Crippen LogP contribution < -0.4 is 10.1 Å². The molecule has 0 fully saturated rings. The van der Waals surface area contributed by atoms with Crippen LogP contribution in [0.2, 0.25) is 0 Å². The lowest BCUT2D eigenvalue weighted by molar-refractivity contribution is -0.138. The summed E-state index contributed by atoms with van der Waals surface area (Å²) in [5.41, 5.74) is 0.218. The first kappa shape index (κ1) is 19.5. The number of amides is 1. The van der Waals surface area contributed by atoms with Crippen LogP contribution in [0.25, 0.3) is 5.69 Å². The quantitative estimate of drug-likeness (QED) is 0.714. The minimum absolute atomic E-state index is 0.0944. The van der Waals surface area contributed by atoms with Crippen molar-refractivity contribution in [3.8, 4) is 11.4 Å². The van der Waals surface area contributed by atoms with Crippen molar-refractivity contribution < 1.29 is 22.7 Å². The molecule has 146 valence electrons. The summed E-state index contributed by atoms with van der Waals surface area (Å²) < 4.78 is 47.9. The van der Waals surface area contributed by atoms with Gasteiger partial charge in [-0.3, -0.25) is 4.79 Å². The van der Waals surface area contributed by atoms with E-state index >= 15 is 0 Å². The zero-order chi connectivity index (χ0) is 20.3. The van der Waals surface area contributed by atoms with Gasteiger partial charge < -0.3 is 14.6 Å². The number of carbonyl (C=O) groups is 1. The Hall–Kier alpha value is -3.29. The molecule has 1 amide bonds. The Kier molecular flexibility index (Phi) is 5.39. The van der Waals surface area contributed by atoms with Crippen molar-refractivity contribution in [3.05, 3.63) is 77.4 Å². The van der Waals surface area contributed by atoms with Gasteiger partial charge in [0.15, 0.2) is 0 Å². The first-order valence-corrected chi connectivity index (χ1v) is 8.42. The number of methoxy groups -OCH3 is 1. The van der Waals surface area contributed by atoms with E-state index in [2.05, 4.69) is 10.3 Å². The molecule has 0 unspecified atom stereocenters. The van der Waals surface area contributed by atoms with Crippen LogP contribution >= 0.6 is 0 Å². The molecule has 0 atom stereocenters. The Morgan fingerprint density at radius 3 is 2.46 bits per heavy atom. The minimum Gasteiger partial charge on any atom is -0.496 e. The summed E-state index contributed by atoms with van der Waals surface area (Å²) in [6, 6.07) is 11.3. The Morgan fingerprint density at radius 2 is 1.89 bits per heavy atom. The highest BCUT2D eigenvalue weighted by molar-refractivity contribution is 5.94. The second kappa shape index (κ2) is 7.75. The average Bonchev–Trinajstić information content (AvgIpc) is 3.11. The van der Waals surface area contributed by atoms with Gasteiger partial charge in [0.2, 0.25) is 0 Å². The monoisotopic (exact) mass is 389 g/mol.